The summed E-state index contributed by atoms with van der Waals surface area (Å²) >= 11 is 0. The zero-order valence-electron chi connectivity index (χ0n) is 14.0. The average Bonchev–Trinajstić information content (AvgIpc) is 3.31. The number of carbonyl (C=O) groups excluding carboxylic acids is 1. The number of oxazole rings is 1. The van der Waals surface area contributed by atoms with Gasteiger partial charge in [-0.3, -0.25) is 4.79 Å². The van der Waals surface area contributed by atoms with E-state index in [9.17, 15) is 4.79 Å². The van der Waals surface area contributed by atoms with Gasteiger partial charge >= 0.3 is 0 Å². The second kappa shape index (κ2) is 6.51. The molecule has 0 spiro atoms. The van der Waals surface area contributed by atoms with Gasteiger partial charge in [-0.1, -0.05) is 19.1 Å². The number of amides is 1. The molecule has 0 saturated carbocycles. The number of hydrogen-bond acceptors (Lipinski definition) is 5. The maximum atomic E-state index is 12.5. The minimum atomic E-state index is -0.0660. The smallest absolute Gasteiger partial charge is 0.251 e. The van der Waals surface area contributed by atoms with E-state index in [1.165, 1.54) is 6.39 Å². The van der Waals surface area contributed by atoms with Gasteiger partial charge < -0.3 is 14.3 Å². The predicted molar refractivity (Wildman–Crippen MR) is 90.9 cm³/mol. The molecule has 1 aliphatic heterocycles. The Labute approximate surface area is 145 Å². The Bertz CT molecular complexity index is 854. The molecule has 3 heterocycles. The number of carbonyl (C=O) groups is 1. The van der Waals surface area contributed by atoms with Crippen LogP contribution in [0.4, 0.5) is 0 Å². The maximum absolute atomic E-state index is 12.5. The fourth-order valence-corrected chi connectivity index (χ4v) is 3.18. The summed E-state index contributed by atoms with van der Waals surface area (Å²) in [7, 11) is 0. The van der Waals surface area contributed by atoms with Gasteiger partial charge in [0.2, 0.25) is 0 Å². The van der Waals surface area contributed by atoms with Crippen molar-refractivity contribution in [3.8, 4) is 11.3 Å². The van der Waals surface area contributed by atoms with Crippen molar-refractivity contribution in [1.29, 1.82) is 0 Å². The highest BCUT2D eigenvalue weighted by Crippen LogP contribution is 2.20. The molecule has 7 nitrogen and oxygen atoms in total. The predicted octanol–water partition coefficient (Wildman–Crippen LogP) is 2.24. The monoisotopic (exact) mass is 337 g/mol. The number of aromatic nitrogens is 4. The van der Waals surface area contributed by atoms with E-state index in [0.29, 0.717) is 11.3 Å². The van der Waals surface area contributed by atoms with Crippen LogP contribution in [-0.2, 0) is 19.4 Å². The zero-order valence-corrected chi connectivity index (χ0v) is 14.0. The molecule has 25 heavy (non-hydrogen) atoms. The van der Waals surface area contributed by atoms with E-state index in [1.807, 2.05) is 12.1 Å². The first-order valence-electron chi connectivity index (χ1n) is 8.45. The lowest BCUT2D eigenvalue weighted by molar-refractivity contribution is 0.0927. The van der Waals surface area contributed by atoms with Gasteiger partial charge in [-0.05, 0) is 18.6 Å². The molecule has 1 aliphatic rings. The number of benzene rings is 1. The summed E-state index contributed by atoms with van der Waals surface area (Å²) in [5.41, 5.74) is 1.53. The Hall–Kier alpha value is -2.96. The molecule has 1 N–H and O–H groups in total. The molecular formula is C18H19N5O2. The van der Waals surface area contributed by atoms with Crippen LogP contribution < -0.4 is 5.32 Å². The number of hydrogen-bond donors (Lipinski definition) is 1. The van der Waals surface area contributed by atoms with Crippen molar-refractivity contribution in [3.63, 3.8) is 0 Å². The van der Waals surface area contributed by atoms with Crippen LogP contribution in [0.2, 0.25) is 0 Å². The molecule has 0 fully saturated rings. The van der Waals surface area contributed by atoms with Gasteiger partial charge in [0.1, 0.15) is 11.6 Å². The lowest BCUT2D eigenvalue weighted by Gasteiger charge is -2.25. The molecular weight excluding hydrogens is 318 g/mol. The molecule has 0 aliphatic carbocycles. The van der Waals surface area contributed by atoms with Gasteiger partial charge in [0, 0.05) is 36.6 Å². The molecule has 0 radical (unpaired) electrons. The first-order chi connectivity index (χ1) is 12.2. The van der Waals surface area contributed by atoms with Crippen molar-refractivity contribution in [2.75, 3.05) is 0 Å². The van der Waals surface area contributed by atoms with Crippen molar-refractivity contribution < 1.29 is 9.21 Å². The van der Waals surface area contributed by atoms with Gasteiger partial charge in [-0.25, -0.2) is 4.98 Å². The molecule has 4 rings (SSSR count). The molecule has 128 valence electrons. The Morgan fingerprint density at radius 1 is 1.32 bits per heavy atom. The van der Waals surface area contributed by atoms with Crippen LogP contribution in [0.5, 0.6) is 0 Å². The number of nitrogens with one attached hydrogen (secondary N) is 1. The topological polar surface area (TPSA) is 85.8 Å². The SMILES string of the molecule is CCc1nnc2n1C[C@@H](NC(=O)c1ccc(-c3cnco3)cc1)CC2. The highest BCUT2D eigenvalue weighted by atomic mass is 16.3. The standard InChI is InChI=1S/C18H19N5O2/c1-2-16-21-22-17-8-7-14(10-23(16)17)20-18(24)13-5-3-12(4-6-13)15-9-19-11-25-15/h3-6,9,11,14H,2,7-8,10H2,1H3,(H,20,24)/t14-/m0/s1. The van der Waals surface area contributed by atoms with Gasteiger partial charge in [0.15, 0.2) is 12.2 Å². The Morgan fingerprint density at radius 3 is 2.88 bits per heavy atom. The molecule has 0 bridgehead atoms. The van der Waals surface area contributed by atoms with Crippen molar-refractivity contribution in [2.45, 2.75) is 38.8 Å². The summed E-state index contributed by atoms with van der Waals surface area (Å²) < 4.78 is 7.39. The third kappa shape index (κ3) is 3.05. The van der Waals surface area contributed by atoms with Crippen LogP contribution in [0.3, 0.4) is 0 Å². The van der Waals surface area contributed by atoms with Gasteiger partial charge in [0.25, 0.3) is 5.91 Å². The van der Waals surface area contributed by atoms with Crippen molar-refractivity contribution in [2.24, 2.45) is 0 Å². The highest BCUT2D eigenvalue weighted by Gasteiger charge is 2.23. The van der Waals surface area contributed by atoms with Crippen LogP contribution >= 0.6 is 0 Å². The Morgan fingerprint density at radius 2 is 2.16 bits per heavy atom. The fraction of sp³-hybridized carbons (Fsp3) is 0.333. The lowest BCUT2D eigenvalue weighted by atomic mass is 10.1. The van der Waals surface area contributed by atoms with Crippen molar-refractivity contribution in [1.82, 2.24) is 25.1 Å². The van der Waals surface area contributed by atoms with Crippen molar-refractivity contribution in [3.05, 3.63) is 54.1 Å². The van der Waals surface area contributed by atoms with E-state index in [-0.39, 0.29) is 11.9 Å². The van der Waals surface area contributed by atoms with E-state index in [0.717, 1.165) is 43.0 Å². The van der Waals surface area contributed by atoms with E-state index < -0.39 is 0 Å². The van der Waals surface area contributed by atoms with E-state index in [4.69, 9.17) is 4.42 Å². The average molecular weight is 337 g/mol. The number of fused-ring (bicyclic) bond motifs is 1. The molecule has 3 aromatic rings. The summed E-state index contributed by atoms with van der Waals surface area (Å²) in [6.07, 6.45) is 5.60. The van der Waals surface area contributed by atoms with Gasteiger partial charge in [0.05, 0.1) is 6.20 Å². The summed E-state index contributed by atoms with van der Waals surface area (Å²) in [5, 5.41) is 11.5. The molecule has 0 saturated heterocycles. The summed E-state index contributed by atoms with van der Waals surface area (Å²) in [6, 6.07) is 7.43. The van der Waals surface area contributed by atoms with Crippen molar-refractivity contribution >= 4 is 5.91 Å². The van der Waals surface area contributed by atoms with E-state index >= 15 is 0 Å². The minimum absolute atomic E-state index is 0.0660. The number of aryl methyl sites for hydroxylation is 2. The van der Waals surface area contributed by atoms with Crippen LogP contribution in [0.15, 0.2) is 41.3 Å². The van der Waals surface area contributed by atoms with Crippen LogP contribution in [0.1, 0.15) is 35.4 Å². The first-order valence-corrected chi connectivity index (χ1v) is 8.45. The molecule has 2 aromatic heterocycles. The minimum Gasteiger partial charge on any atom is -0.444 e. The third-order valence-electron chi connectivity index (χ3n) is 4.54. The highest BCUT2D eigenvalue weighted by molar-refractivity contribution is 5.94. The Balaban J connectivity index is 1.44. The largest absolute Gasteiger partial charge is 0.444 e. The Kier molecular flexibility index (Phi) is 4.05. The first kappa shape index (κ1) is 15.6. The second-order valence-corrected chi connectivity index (χ2v) is 6.15. The second-order valence-electron chi connectivity index (χ2n) is 6.15. The fourth-order valence-electron chi connectivity index (χ4n) is 3.18. The molecule has 1 amide bonds. The summed E-state index contributed by atoms with van der Waals surface area (Å²) in [4.78, 5) is 16.4. The van der Waals surface area contributed by atoms with Crippen LogP contribution in [0, 0.1) is 0 Å². The lowest BCUT2D eigenvalue weighted by Crippen LogP contribution is -2.41. The van der Waals surface area contributed by atoms with E-state index in [2.05, 4.69) is 32.0 Å². The molecule has 0 unspecified atom stereocenters. The van der Waals surface area contributed by atoms with E-state index in [1.54, 1.807) is 18.3 Å². The normalized spacial score (nSPS) is 16.4. The maximum Gasteiger partial charge on any atom is 0.251 e. The molecule has 1 aromatic carbocycles. The van der Waals surface area contributed by atoms with Crippen LogP contribution in [0.25, 0.3) is 11.3 Å². The molecule has 1 atom stereocenters. The molecule has 7 heteroatoms. The summed E-state index contributed by atoms with van der Waals surface area (Å²) in [6.45, 7) is 2.79. The number of rotatable bonds is 4. The zero-order chi connectivity index (χ0) is 17.2. The number of nitrogens with zero attached hydrogens (tertiary/aromatic N) is 4. The third-order valence-corrected chi connectivity index (χ3v) is 4.54. The van der Waals surface area contributed by atoms with Gasteiger partial charge in [-0.2, -0.15) is 0 Å². The van der Waals surface area contributed by atoms with Crippen LogP contribution in [-0.4, -0.2) is 31.7 Å². The van der Waals surface area contributed by atoms with Gasteiger partial charge in [-0.15, -0.1) is 10.2 Å². The quantitative estimate of drug-likeness (QED) is 0.789. The summed E-state index contributed by atoms with van der Waals surface area (Å²) in [5.74, 6) is 2.61.